The van der Waals surface area contributed by atoms with Crippen molar-refractivity contribution < 1.29 is 23.8 Å². The SMILES string of the molecule is CCOc1ccc2ccccc2c1-c1nn(-c2ccccc2)c(C(=O)OC)c1C(=O)OC. The Bertz CT molecular complexity index is 1290. The van der Waals surface area contributed by atoms with Crippen molar-refractivity contribution in [1.82, 2.24) is 9.78 Å². The van der Waals surface area contributed by atoms with Gasteiger partial charge in [-0.15, -0.1) is 0 Å². The number of hydrogen-bond donors (Lipinski definition) is 0. The molecule has 3 aromatic carbocycles. The molecule has 0 saturated carbocycles. The van der Waals surface area contributed by atoms with Crippen LogP contribution < -0.4 is 4.74 Å². The number of fused-ring (bicyclic) bond motifs is 1. The predicted octanol–water partition coefficient (Wildman–Crippen LogP) is 4.66. The van der Waals surface area contributed by atoms with E-state index in [1.165, 1.54) is 18.9 Å². The third-order valence-electron chi connectivity index (χ3n) is 5.08. The summed E-state index contributed by atoms with van der Waals surface area (Å²) < 4.78 is 17.4. The molecule has 162 valence electrons. The highest BCUT2D eigenvalue weighted by atomic mass is 16.5. The molecular formula is C25H22N2O5. The lowest BCUT2D eigenvalue weighted by Gasteiger charge is -2.13. The molecule has 1 aromatic heterocycles. The number of carbonyl (C=O) groups is 2. The van der Waals surface area contributed by atoms with E-state index in [9.17, 15) is 9.59 Å². The van der Waals surface area contributed by atoms with Crippen LogP contribution in [0.4, 0.5) is 0 Å². The van der Waals surface area contributed by atoms with E-state index in [0.717, 1.165) is 10.8 Å². The van der Waals surface area contributed by atoms with Crippen LogP contribution in [0.5, 0.6) is 5.75 Å². The fourth-order valence-electron chi connectivity index (χ4n) is 3.70. The number of para-hydroxylation sites is 1. The summed E-state index contributed by atoms with van der Waals surface area (Å²) in [5.74, 6) is -0.852. The molecule has 0 fully saturated rings. The average molecular weight is 430 g/mol. The maximum atomic E-state index is 13.0. The minimum absolute atomic E-state index is 0.0144. The van der Waals surface area contributed by atoms with Crippen molar-refractivity contribution >= 4 is 22.7 Å². The summed E-state index contributed by atoms with van der Waals surface area (Å²) in [5.41, 5.74) is 1.48. The molecule has 0 bridgehead atoms. The zero-order chi connectivity index (χ0) is 22.7. The van der Waals surface area contributed by atoms with E-state index in [0.29, 0.717) is 23.6 Å². The lowest BCUT2D eigenvalue weighted by molar-refractivity contribution is 0.0549. The van der Waals surface area contributed by atoms with Gasteiger partial charge in [0, 0.05) is 0 Å². The fourth-order valence-corrected chi connectivity index (χ4v) is 3.70. The Labute approximate surface area is 185 Å². The van der Waals surface area contributed by atoms with E-state index in [4.69, 9.17) is 19.3 Å². The van der Waals surface area contributed by atoms with E-state index in [1.54, 1.807) is 12.1 Å². The van der Waals surface area contributed by atoms with Crippen LogP contribution in [-0.4, -0.2) is 42.5 Å². The molecule has 0 aliphatic heterocycles. The zero-order valence-corrected chi connectivity index (χ0v) is 18.0. The molecule has 0 aliphatic carbocycles. The van der Waals surface area contributed by atoms with E-state index in [2.05, 4.69) is 0 Å². The lowest BCUT2D eigenvalue weighted by Crippen LogP contribution is -2.15. The maximum Gasteiger partial charge on any atom is 0.357 e. The summed E-state index contributed by atoms with van der Waals surface area (Å²) >= 11 is 0. The number of rotatable bonds is 6. The molecule has 0 N–H and O–H groups in total. The third-order valence-corrected chi connectivity index (χ3v) is 5.08. The second-order valence-electron chi connectivity index (χ2n) is 6.90. The Balaban J connectivity index is 2.15. The van der Waals surface area contributed by atoms with Crippen molar-refractivity contribution in [1.29, 1.82) is 0 Å². The van der Waals surface area contributed by atoms with Crippen LogP contribution in [0, 0.1) is 0 Å². The Kier molecular flexibility index (Phi) is 5.89. The highest BCUT2D eigenvalue weighted by molar-refractivity contribution is 6.10. The van der Waals surface area contributed by atoms with Gasteiger partial charge >= 0.3 is 11.9 Å². The van der Waals surface area contributed by atoms with Gasteiger partial charge in [-0.25, -0.2) is 14.3 Å². The summed E-state index contributed by atoms with van der Waals surface area (Å²) in [7, 11) is 2.52. The first-order valence-electron chi connectivity index (χ1n) is 10.1. The first kappa shape index (κ1) is 21.1. The average Bonchev–Trinajstić information content (AvgIpc) is 3.23. The number of esters is 2. The quantitative estimate of drug-likeness (QED) is 0.414. The first-order valence-corrected chi connectivity index (χ1v) is 10.1. The van der Waals surface area contributed by atoms with Gasteiger partial charge in [0.25, 0.3) is 0 Å². The summed E-state index contributed by atoms with van der Waals surface area (Å²) in [6, 6.07) is 20.6. The van der Waals surface area contributed by atoms with Crippen LogP contribution in [0.3, 0.4) is 0 Å². The maximum absolute atomic E-state index is 13.0. The Morgan fingerprint density at radius 1 is 0.875 bits per heavy atom. The summed E-state index contributed by atoms with van der Waals surface area (Å²) in [5, 5.41) is 6.49. The molecule has 0 spiro atoms. The van der Waals surface area contributed by atoms with Gasteiger partial charge in [-0.2, -0.15) is 5.10 Å². The number of nitrogens with zero attached hydrogens (tertiary/aromatic N) is 2. The zero-order valence-electron chi connectivity index (χ0n) is 18.0. The van der Waals surface area contributed by atoms with Gasteiger partial charge in [0.15, 0.2) is 5.69 Å². The van der Waals surface area contributed by atoms with E-state index >= 15 is 0 Å². The van der Waals surface area contributed by atoms with Gasteiger partial charge in [0.05, 0.1) is 32.1 Å². The van der Waals surface area contributed by atoms with Gasteiger partial charge < -0.3 is 14.2 Å². The Morgan fingerprint density at radius 3 is 2.25 bits per heavy atom. The van der Waals surface area contributed by atoms with Crippen molar-refractivity contribution in [3.63, 3.8) is 0 Å². The molecule has 0 saturated heterocycles. The first-order chi connectivity index (χ1) is 15.6. The minimum atomic E-state index is -0.703. The standard InChI is InChI=1S/C25H22N2O5/c1-4-32-19-15-14-16-10-8-9-13-18(16)20(19)22-21(24(28)30-2)23(25(29)31-3)27(26-22)17-11-6-5-7-12-17/h5-15H,4H2,1-3H3. The minimum Gasteiger partial charge on any atom is -0.493 e. The van der Waals surface area contributed by atoms with Gasteiger partial charge in [-0.3, -0.25) is 0 Å². The molecule has 0 radical (unpaired) electrons. The predicted molar refractivity (Wildman–Crippen MR) is 120 cm³/mol. The largest absolute Gasteiger partial charge is 0.493 e. The molecule has 7 heteroatoms. The summed E-state index contributed by atoms with van der Waals surface area (Å²) in [6.07, 6.45) is 0. The molecular weight excluding hydrogens is 408 g/mol. The third kappa shape index (κ3) is 3.58. The Hall–Kier alpha value is -4.13. The van der Waals surface area contributed by atoms with E-state index < -0.39 is 11.9 Å². The van der Waals surface area contributed by atoms with Crippen LogP contribution >= 0.6 is 0 Å². The van der Waals surface area contributed by atoms with Crippen LogP contribution in [0.25, 0.3) is 27.7 Å². The van der Waals surface area contributed by atoms with Crippen molar-refractivity contribution in [3.05, 3.63) is 78.0 Å². The number of aromatic nitrogens is 2. The molecule has 0 unspecified atom stereocenters. The molecule has 4 rings (SSSR count). The van der Waals surface area contributed by atoms with Crippen molar-refractivity contribution in [2.24, 2.45) is 0 Å². The topological polar surface area (TPSA) is 79.7 Å². The molecule has 4 aromatic rings. The number of methoxy groups -OCH3 is 2. The van der Waals surface area contributed by atoms with Gasteiger partial charge in [-0.05, 0) is 35.9 Å². The van der Waals surface area contributed by atoms with Gasteiger partial charge in [-0.1, -0.05) is 48.5 Å². The molecule has 0 amide bonds. The highest BCUT2D eigenvalue weighted by Gasteiger charge is 2.33. The van der Waals surface area contributed by atoms with Crippen LogP contribution in [0.15, 0.2) is 66.7 Å². The van der Waals surface area contributed by atoms with Crippen molar-refractivity contribution in [2.75, 3.05) is 20.8 Å². The fraction of sp³-hybridized carbons (Fsp3) is 0.160. The molecule has 7 nitrogen and oxygen atoms in total. The van der Waals surface area contributed by atoms with Crippen molar-refractivity contribution in [2.45, 2.75) is 6.92 Å². The lowest BCUT2D eigenvalue weighted by atomic mass is 9.97. The summed E-state index contributed by atoms with van der Waals surface area (Å²) in [4.78, 5) is 25.8. The number of hydrogen-bond acceptors (Lipinski definition) is 6. The van der Waals surface area contributed by atoms with Crippen LogP contribution in [-0.2, 0) is 9.47 Å². The van der Waals surface area contributed by atoms with Gasteiger partial charge in [0.1, 0.15) is 17.0 Å². The molecule has 1 heterocycles. The number of ether oxygens (including phenoxy) is 3. The normalized spacial score (nSPS) is 10.7. The highest BCUT2D eigenvalue weighted by Crippen LogP contribution is 2.40. The Morgan fingerprint density at radius 2 is 1.56 bits per heavy atom. The smallest absolute Gasteiger partial charge is 0.357 e. The van der Waals surface area contributed by atoms with E-state index in [-0.39, 0.29) is 17.0 Å². The second-order valence-corrected chi connectivity index (χ2v) is 6.90. The van der Waals surface area contributed by atoms with Crippen molar-refractivity contribution in [3.8, 4) is 22.7 Å². The van der Waals surface area contributed by atoms with E-state index in [1.807, 2.05) is 61.5 Å². The molecule has 0 atom stereocenters. The summed E-state index contributed by atoms with van der Waals surface area (Å²) in [6.45, 7) is 2.30. The van der Waals surface area contributed by atoms with Crippen LogP contribution in [0.2, 0.25) is 0 Å². The molecule has 32 heavy (non-hydrogen) atoms. The molecule has 0 aliphatic rings. The monoisotopic (exact) mass is 430 g/mol. The second kappa shape index (κ2) is 8.93. The van der Waals surface area contributed by atoms with Crippen LogP contribution in [0.1, 0.15) is 27.8 Å². The van der Waals surface area contributed by atoms with Gasteiger partial charge in [0.2, 0.25) is 0 Å². The number of benzene rings is 3. The number of carbonyl (C=O) groups excluding carboxylic acids is 2.